The molecule has 7 heteroatoms. The van der Waals surface area contributed by atoms with Crippen molar-refractivity contribution in [2.75, 3.05) is 36.1 Å². The smallest absolute Gasteiger partial charge is 0.208 e. The molecule has 1 aromatic rings. The highest BCUT2D eigenvalue weighted by Gasteiger charge is 1.99. The van der Waals surface area contributed by atoms with Gasteiger partial charge in [-0.1, -0.05) is 0 Å². The van der Waals surface area contributed by atoms with Crippen LogP contribution in [-0.4, -0.2) is 27.8 Å². The summed E-state index contributed by atoms with van der Waals surface area (Å²) >= 11 is 0. The van der Waals surface area contributed by atoms with E-state index in [1.807, 2.05) is 6.07 Å². The Morgan fingerprint density at radius 2 is 1.88 bits per heavy atom. The number of benzene rings is 1. The zero-order valence-electron chi connectivity index (χ0n) is 9.73. The van der Waals surface area contributed by atoms with Crippen molar-refractivity contribution in [3.63, 3.8) is 0 Å². The largest absolute Gasteiger partial charge is 0.397 e. The third-order valence-electron chi connectivity index (χ3n) is 2.13. The van der Waals surface area contributed by atoms with Crippen molar-refractivity contribution in [3.8, 4) is 0 Å². The van der Waals surface area contributed by atoms with Crippen LogP contribution in [0.5, 0.6) is 0 Å². The summed E-state index contributed by atoms with van der Waals surface area (Å²) in [6, 6.07) is 5.31. The topological polar surface area (TPSA) is 110 Å². The first-order chi connectivity index (χ1) is 7.88. The number of rotatable bonds is 6. The summed E-state index contributed by atoms with van der Waals surface area (Å²) in [5.74, 6) is 0. The van der Waals surface area contributed by atoms with Gasteiger partial charge in [-0.15, -0.1) is 0 Å². The Labute approximate surface area is 101 Å². The van der Waals surface area contributed by atoms with Gasteiger partial charge in [-0.05, 0) is 24.6 Å². The molecule has 0 amide bonds. The number of sulfonamides is 1. The van der Waals surface area contributed by atoms with Gasteiger partial charge in [-0.2, -0.15) is 0 Å². The normalized spacial score (nSPS) is 11.4. The molecule has 0 saturated carbocycles. The van der Waals surface area contributed by atoms with E-state index in [0.29, 0.717) is 30.9 Å². The standard InChI is InChI=1S/C10H18N4O2S/c1-17(15,16)14-6-2-5-13-8-3-4-9(11)10(12)7-8/h3-4,7,13-14H,2,5-6,11-12H2,1H3. The monoisotopic (exact) mass is 258 g/mol. The van der Waals surface area contributed by atoms with Crippen LogP contribution in [-0.2, 0) is 10.0 Å². The molecule has 0 aromatic heterocycles. The van der Waals surface area contributed by atoms with Gasteiger partial charge in [-0.3, -0.25) is 0 Å². The molecule has 6 nitrogen and oxygen atoms in total. The Hall–Kier alpha value is -1.47. The SMILES string of the molecule is CS(=O)(=O)NCCCNc1ccc(N)c(N)c1. The summed E-state index contributed by atoms with van der Waals surface area (Å²) in [6.07, 6.45) is 1.83. The summed E-state index contributed by atoms with van der Waals surface area (Å²) in [6.45, 7) is 1.07. The Morgan fingerprint density at radius 1 is 1.18 bits per heavy atom. The molecule has 0 radical (unpaired) electrons. The van der Waals surface area contributed by atoms with E-state index in [1.165, 1.54) is 0 Å². The van der Waals surface area contributed by atoms with Crippen molar-refractivity contribution in [2.45, 2.75) is 6.42 Å². The van der Waals surface area contributed by atoms with E-state index in [9.17, 15) is 8.42 Å². The van der Waals surface area contributed by atoms with Crippen molar-refractivity contribution in [1.82, 2.24) is 4.72 Å². The maximum Gasteiger partial charge on any atom is 0.208 e. The molecule has 17 heavy (non-hydrogen) atoms. The zero-order valence-corrected chi connectivity index (χ0v) is 10.5. The van der Waals surface area contributed by atoms with E-state index in [1.54, 1.807) is 12.1 Å². The van der Waals surface area contributed by atoms with Gasteiger partial charge in [0.2, 0.25) is 10.0 Å². The molecule has 0 aliphatic carbocycles. The second kappa shape index (κ2) is 5.74. The second-order valence-corrected chi connectivity index (χ2v) is 5.62. The van der Waals surface area contributed by atoms with Crippen LogP contribution >= 0.6 is 0 Å². The Balaban J connectivity index is 2.29. The fourth-order valence-electron chi connectivity index (χ4n) is 1.26. The molecule has 96 valence electrons. The molecule has 0 unspecified atom stereocenters. The highest BCUT2D eigenvalue weighted by atomic mass is 32.2. The zero-order chi connectivity index (χ0) is 12.9. The molecule has 0 saturated heterocycles. The molecule has 0 aliphatic rings. The molecular weight excluding hydrogens is 240 g/mol. The van der Waals surface area contributed by atoms with E-state index < -0.39 is 10.0 Å². The number of hydrogen-bond acceptors (Lipinski definition) is 5. The molecular formula is C10H18N4O2S. The minimum Gasteiger partial charge on any atom is -0.397 e. The number of nitrogens with one attached hydrogen (secondary N) is 2. The molecule has 0 aliphatic heterocycles. The van der Waals surface area contributed by atoms with Gasteiger partial charge in [0, 0.05) is 18.8 Å². The van der Waals surface area contributed by atoms with Crippen LogP contribution in [0, 0.1) is 0 Å². The van der Waals surface area contributed by atoms with Crippen LogP contribution in [0.2, 0.25) is 0 Å². The van der Waals surface area contributed by atoms with Gasteiger partial charge in [0.1, 0.15) is 0 Å². The molecule has 1 aromatic carbocycles. The summed E-state index contributed by atoms with van der Waals surface area (Å²) in [4.78, 5) is 0. The minimum absolute atomic E-state index is 0.413. The summed E-state index contributed by atoms with van der Waals surface area (Å²) in [5.41, 5.74) is 13.2. The van der Waals surface area contributed by atoms with E-state index in [-0.39, 0.29) is 0 Å². The van der Waals surface area contributed by atoms with Gasteiger partial charge >= 0.3 is 0 Å². The lowest BCUT2D eigenvalue weighted by Gasteiger charge is -2.08. The van der Waals surface area contributed by atoms with Crippen LogP contribution in [0.15, 0.2) is 18.2 Å². The fourth-order valence-corrected chi connectivity index (χ4v) is 1.78. The number of hydrogen-bond donors (Lipinski definition) is 4. The van der Waals surface area contributed by atoms with Crippen molar-refractivity contribution < 1.29 is 8.42 Å². The summed E-state index contributed by atoms with van der Waals surface area (Å²) in [5, 5.41) is 3.13. The Kier molecular flexibility index (Phi) is 4.59. The van der Waals surface area contributed by atoms with Gasteiger partial charge < -0.3 is 16.8 Å². The summed E-state index contributed by atoms with van der Waals surface area (Å²) < 4.78 is 24.0. The molecule has 1 rings (SSSR count). The first-order valence-corrected chi connectivity index (χ1v) is 7.11. The lowest BCUT2D eigenvalue weighted by atomic mass is 10.2. The first-order valence-electron chi connectivity index (χ1n) is 5.22. The predicted molar refractivity (Wildman–Crippen MR) is 71.2 cm³/mol. The highest BCUT2D eigenvalue weighted by molar-refractivity contribution is 7.88. The quantitative estimate of drug-likeness (QED) is 0.430. The number of nitrogens with two attached hydrogens (primary N) is 2. The third kappa shape index (κ3) is 5.41. The molecule has 0 heterocycles. The number of nitrogen functional groups attached to an aromatic ring is 2. The maximum atomic E-state index is 10.8. The van der Waals surface area contributed by atoms with E-state index in [4.69, 9.17) is 11.5 Å². The average molecular weight is 258 g/mol. The Bertz CT molecular complexity index is 473. The molecule has 0 bridgehead atoms. The van der Waals surface area contributed by atoms with E-state index in [2.05, 4.69) is 10.0 Å². The maximum absolute atomic E-state index is 10.8. The predicted octanol–water partition coefficient (Wildman–Crippen LogP) is 0.202. The minimum atomic E-state index is -3.10. The van der Waals surface area contributed by atoms with Crippen LogP contribution in [0.4, 0.5) is 17.1 Å². The van der Waals surface area contributed by atoms with Crippen molar-refractivity contribution in [3.05, 3.63) is 18.2 Å². The Morgan fingerprint density at radius 3 is 2.47 bits per heavy atom. The van der Waals surface area contributed by atoms with Crippen LogP contribution in [0.3, 0.4) is 0 Å². The number of anilines is 3. The van der Waals surface area contributed by atoms with E-state index in [0.717, 1.165) is 11.9 Å². The van der Waals surface area contributed by atoms with Gasteiger partial charge in [0.15, 0.2) is 0 Å². The first kappa shape index (κ1) is 13.6. The van der Waals surface area contributed by atoms with Gasteiger partial charge in [-0.25, -0.2) is 13.1 Å². The summed E-state index contributed by atoms with van der Waals surface area (Å²) in [7, 11) is -3.10. The molecule has 0 spiro atoms. The lowest BCUT2D eigenvalue weighted by Crippen LogP contribution is -2.24. The second-order valence-electron chi connectivity index (χ2n) is 3.79. The van der Waals surface area contributed by atoms with Crippen molar-refractivity contribution in [1.29, 1.82) is 0 Å². The van der Waals surface area contributed by atoms with Crippen LogP contribution in [0.25, 0.3) is 0 Å². The third-order valence-corrected chi connectivity index (χ3v) is 2.86. The fraction of sp³-hybridized carbons (Fsp3) is 0.400. The lowest BCUT2D eigenvalue weighted by molar-refractivity contribution is 0.586. The van der Waals surface area contributed by atoms with Crippen LogP contribution in [0.1, 0.15) is 6.42 Å². The van der Waals surface area contributed by atoms with Crippen LogP contribution < -0.4 is 21.5 Å². The molecule has 0 atom stereocenters. The van der Waals surface area contributed by atoms with Crippen molar-refractivity contribution >= 4 is 27.1 Å². The van der Waals surface area contributed by atoms with Gasteiger partial charge in [0.25, 0.3) is 0 Å². The van der Waals surface area contributed by atoms with Gasteiger partial charge in [0.05, 0.1) is 17.6 Å². The highest BCUT2D eigenvalue weighted by Crippen LogP contribution is 2.19. The molecule has 0 fully saturated rings. The average Bonchev–Trinajstić information content (AvgIpc) is 2.21. The van der Waals surface area contributed by atoms with E-state index >= 15 is 0 Å². The van der Waals surface area contributed by atoms with Crippen molar-refractivity contribution in [2.24, 2.45) is 0 Å². The molecule has 6 N–H and O–H groups in total.